The Hall–Kier alpha value is -1.57. The Morgan fingerprint density at radius 1 is 1.27 bits per heavy atom. The van der Waals surface area contributed by atoms with Crippen molar-refractivity contribution >= 4 is 29.9 Å². The number of benzene rings is 1. The summed E-state index contributed by atoms with van der Waals surface area (Å²) in [6.45, 7) is 5.63. The van der Waals surface area contributed by atoms with Crippen LogP contribution in [0.5, 0.6) is 0 Å². The van der Waals surface area contributed by atoms with Crippen LogP contribution in [0.3, 0.4) is 0 Å². The minimum atomic E-state index is 0. The minimum Gasteiger partial charge on any atom is -0.357 e. The second kappa shape index (κ2) is 9.45. The SMILES string of the molecule is CCNC(=NCc1ccnn1C)NC(C)c1ccccc1.I. The highest BCUT2D eigenvalue weighted by atomic mass is 127. The third-order valence-corrected chi connectivity index (χ3v) is 3.32. The number of nitrogens with one attached hydrogen (secondary N) is 2. The average Bonchev–Trinajstić information content (AvgIpc) is 2.91. The molecule has 0 aliphatic carbocycles. The van der Waals surface area contributed by atoms with E-state index in [1.54, 1.807) is 6.20 Å². The minimum absolute atomic E-state index is 0. The van der Waals surface area contributed by atoms with Gasteiger partial charge in [0.25, 0.3) is 0 Å². The standard InChI is InChI=1S/C16H23N5.HI/c1-4-17-16(18-12-15-10-11-19-21(15)3)20-13(2)14-8-6-5-7-9-14;/h5-11,13H,4,12H2,1-3H3,(H2,17,18,20);1H. The summed E-state index contributed by atoms with van der Waals surface area (Å²) in [5.41, 5.74) is 2.32. The van der Waals surface area contributed by atoms with Crippen LogP contribution in [-0.4, -0.2) is 22.3 Å². The van der Waals surface area contributed by atoms with Crippen molar-refractivity contribution in [1.82, 2.24) is 20.4 Å². The molecule has 22 heavy (non-hydrogen) atoms. The zero-order valence-electron chi connectivity index (χ0n) is 13.3. The Bertz CT molecular complexity index is 579. The van der Waals surface area contributed by atoms with Crippen molar-refractivity contribution in [2.24, 2.45) is 12.0 Å². The Labute approximate surface area is 149 Å². The lowest BCUT2D eigenvalue weighted by Crippen LogP contribution is -2.38. The summed E-state index contributed by atoms with van der Waals surface area (Å²) < 4.78 is 1.84. The smallest absolute Gasteiger partial charge is 0.192 e. The number of halogens is 1. The quantitative estimate of drug-likeness (QED) is 0.451. The fourth-order valence-corrected chi connectivity index (χ4v) is 2.07. The van der Waals surface area contributed by atoms with Crippen LogP contribution >= 0.6 is 24.0 Å². The van der Waals surface area contributed by atoms with E-state index in [2.05, 4.69) is 46.7 Å². The zero-order chi connectivity index (χ0) is 15.1. The molecule has 0 saturated carbocycles. The molecule has 0 aliphatic rings. The molecular formula is C16H24IN5. The van der Waals surface area contributed by atoms with Crippen molar-refractivity contribution in [2.45, 2.75) is 26.4 Å². The van der Waals surface area contributed by atoms with Gasteiger partial charge in [0.2, 0.25) is 0 Å². The Morgan fingerprint density at radius 2 is 2.00 bits per heavy atom. The molecule has 0 aliphatic heterocycles. The molecule has 0 radical (unpaired) electrons. The summed E-state index contributed by atoms with van der Waals surface area (Å²) in [6.07, 6.45) is 1.79. The van der Waals surface area contributed by atoms with Gasteiger partial charge in [0.05, 0.1) is 18.3 Å². The number of guanidine groups is 1. The second-order valence-electron chi connectivity index (χ2n) is 4.92. The lowest BCUT2D eigenvalue weighted by Gasteiger charge is -2.18. The largest absolute Gasteiger partial charge is 0.357 e. The number of aryl methyl sites for hydroxylation is 1. The third-order valence-electron chi connectivity index (χ3n) is 3.32. The van der Waals surface area contributed by atoms with Crippen LogP contribution in [0.2, 0.25) is 0 Å². The highest BCUT2D eigenvalue weighted by Crippen LogP contribution is 2.10. The molecule has 1 atom stereocenters. The molecule has 5 nitrogen and oxygen atoms in total. The highest BCUT2D eigenvalue weighted by Gasteiger charge is 2.07. The van der Waals surface area contributed by atoms with E-state index in [9.17, 15) is 0 Å². The first-order chi connectivity index (χ1) is 10.2. The van der Waals surface area contributed by atoms with E-state index in [0.29, 0.717) is 6.54 Å². The Kier molecular flexibility index (Phi) is 7.94. The van der Waals surface area contributed by atoms with Crippen LogP contribution in [0.4, 0.5) is 0 Å². The first-order valence-corrected chi connectivity index (χ1v) is 7.27. The molecule has 2 N–H and O–H groups in total. The fourth-order valence-electron chi connectivity index (χ4n) is 2.07. The van der Waals surface area contributed by atoms with Crippen molar-refractivity contribution in [3.8, 4) is 0 Å². The van der Waals surface area contributed by atoms with Crippen molar-refractivity contribution in [3.05, 3.63) is 53.9 Å². The molecule has 0 saturated heterocycles. The van der Waals surface area contributed by atoms with E-state index in [0.717, 1.165) is 18.2 Å². The zero-order valence-corrected chi connectivity index (χ0v) is 15.6. The predicted octanol–water partition coefficient (Wildman–Crippen LogP) is 2.85. The first kappa shape index (κ1) is 18.5. The first-order valence-electron chi connectivity index (χ1n) is 7.27. The maximum Gasteiger partial charge on any atom is 0.192 e. The van der Waals surface area contributed by atoms with Gasteiger partial charge in [-0.3, -0.25) is 4.68 Å². The fraction of sp³-hybridized carbons (Fsp3) is 0.375. The normalized spacial score (nSPS) is 12.4. The van der Waals surface area contributed by atoms with Gasteiger partial charge in [-0.25, -0.2) is 4.99 Å². The molecule has 120 valence electrons. The molecule has 1 heterocycles. The Balaban J connectivity index is 0.00000242. The molecule has 2 aromatic rings. The van der Waals surface area contributed by atoms with Gasteiger partial charge >= 0.3 is 0 Å². The van der Waals surface area contributed by atoms with Crippen molar-refractivity contribution < 1.29 is 0 Å². The van der Waals surface area contributed by atoms with Gasteiger partial charge in [-0.1, -0.05) is 30.3 Å². The summed E-state index contributed by atoms with van der Waals surface area (Å²) in [5, 5.41) is 10.9. The number of aromatic nitrogens is 2. The van der Waals surface area contributed by atoms with Gasteiger partial charge in [0.1, 0.15) is 0 Å². The number of aliphatic imine (C=N–C) groups is 1. The van der Waals surface area contributed by atoms with E-state index >= 15 is 0 Å². The van der Waals surface area contributed by atoms with E-state index in [1.807, 2.05) is 36.0 Å². The van der Waals surface area contributed by atoms with E-state index in [4.69, 9.17) is 0 Å². The predicted molar refractivity (Wildman–Crippen MR) is 101 cm³/mol. The summed E-state index contributed by atoms with van der Waals surface area (Å²) in [4.78, 5) is 4.62. The molecule has 1 unspecified atom stereocenters. The van der Waals surface area contributed by atoms with Gasteiger partial charge in [-0.2, -0.15) is 5.10 Å². The van der Waals surface area contributed by atoms with Crippen LogP contribution in [0.1, 0.15) is 31.1 Å². The number of rotatable bonds is 5. The van der Waals surface area contributed by atoms with Crippen molar-refractivity contribution in [2.75, 3.05) is 6.54 Å². The molecule has 0 spiro atoms. The molecule has 1 aromatic heterocycles. The number of hydrogen-bond donors (Lipinski definition) is 2. The Morgan fingerprint density at radius 3 is 2.59 bits per heavy atom. The monoisotopic (exact) mass is 413 g/mol. The van der Waals surface area contributed by atoms with E-state index in [1.165, 1.54) is 5.56 Å². The molecule has 6 heteroatoms. The third kappa shape index (κ3) is 5.32. The van der Waals surface area contributed by atoms with Gasteiger partial charge < -0.3 is 10.6 Å². The maximum absolute atomic E-state index is 4.62. The molecule has 0 bridgehead atoms. The van der Waals surface area contributed by atoms with Gasteiger partial charge in [0, 0.05) is 19.8 Å². The summed E-state index contributed by atoms with van der Waals surface area (Å²) in [7, 11) is 1.93. The van der Waals surface area contributed by atoms with Crippen molar-refractivity contribution in [3.63, 3.8) is 0 Å². The topological polar surface area (TPSA) is 54.2 Å². The number of nitrogens with zero attached hydrogens (tertiary/aromatic N) is 3. The molecule has 1 aromatic carbocycles. The van der Waals surface area contributed by atoms with Gasteiger partial charge in [-0.15, -0.1) is 24.0 Å². The lowest BCUT2D eigenvalue weighted by atomic mass is 10.1. The molecule has 0 amide bonds. The van der Waals surface area contributed by atoms with Crippen LogP contribution < -0.4 is 10.6 Å². The van der Waals surface area contributed by atoms with Crippen LogP contribution in [0, 0.1) is 0 Å². The van der Waals surface area contributed by atoms with E-state index < -0.39 is 0 Å². The molecule has 0 fully saturated rings. The van der Waals surface area contributed by atoms with Crippen LogP contribution in [-0.2, 0) is 13.6 Å². The number of hydrogen-bond acceptors (Lipinski definition) is 2. The summed E-state index contributed by atoms with van der Waals surface area (Å²) in [5.74, 6) is 0.815. The summed E-state index contributed by atoms with van der Waals surface area (Å²) in [6, 6.07) is 12.5. The van der Waals surface area contributed by atoms with Crippen molar-refractivity contribution in [1.29, 1.82) is 0 Å². The molecular weight excluding hydrogens is 389 g/mol. The average molecular weight is 413 g/mol. The molecule has 2 rings (SSSR count). The van der Waals surface area contributed by atoms with E-state index in [-0.39, 0.29) is 30.0 Å². The van der Waals surface area contributed by atoms with Gasteiger partial charge in [-0.05, 0) is 25.5 Å². The van der Waals surface area contributed by atoms with Gasteiger partial charge in [0.15, 0.2) is 5.96 Å². The lowest BCUT2D eigenvalue weighted by molar-refractivity contribution is 0.676. The summed E-state index contributed by atoms with van der Waals surface area (Å²) >= 11 is 0. The second-order valence-corrected chi connectivity index (χ2v) is 4.92. The van der Waals surface area contributed by atoms with Crippen LogP contribution in [0.15, 0.2) is 47.6 Å². The maximum atomic E-state index is 4.62. The highest BCUT2D eigenvalue weighted by molar-refractivity contribution is 14.0. The van der Waals surface area contributed by atoms with Crippen LogP contribution in [0.25, 0.3) is 0 Å².